The van der Waals surface area contributed by atoms with Crippen molar-refractivity contribution < 1.29 is 9.53 Å². The summed E-state index contributed by atoms with van der Waals surface area (Å²) in [5.41, 5.74) is 1.24. The second-order valence-corrected chi connectivity index (χ2v) is 4.74. The summed E-state index contributed by atoms with van der Waals surface area (Å²) in [4.78, 5) is 14.5. The Bertz CT molecular complexity index is 361. The highest BCUT2D eigenvalue weighted by atomic mass is 79.9. The molecular formula is C11H17BrN2O2. The molecule has 0 aliphatic heterocycles. The maximum absolute atomic E-state index is 11.6. The molecule has 0 radical (unpaired) electrons. The first-order valence-corrected chi connectivity index (χ1v) is 6.13. The summed E-state index contributed by atoms with van der Waals surface area (Å²) >= 11 is 3.39. The van der Waals surface area contributed by atoms with Gasteiger partial charge in [-0.15, -0.1) is 0 Å². The summed E-state index contributed by atoms with van der Waals surface area (Å²) in [7, 11) is 0. The van der Waals surface area contributed by atoms with E-state index < -0.39 is 0 Å². The lowest BCUT2D eigenvalue weighted by Gasteiger charge is -2.10. The summed E-state index contributed by atoms with van der Waals surface area (Å²) in [6.07, 6.45) is 1.73. The largest absolute Gasteiger partial charge is 0.461 e. The van der Waals surface area contributed by atoms with Gasteiger partial charge in [-0.1, -0.05) is 13.8 Å². The van der Waals surface area contributed by atoms with Gasteiger partial charge < -0.3 is 15.0 Å². The molecular weight excluding hydrogens is 272 g/mol. The van der Waals surface area contributed by atoms with E-state index in [9.17, 15) is 4.79 Å². The molecule has 1 aromatic heterocycles. The van der Waals surface area contributed by atoms with Crippen LogP contribution in [-0.4, -0.2) is 24.1 Å². The topological polar surface area (TPSA) is 54.1 Å². The van der Waals surface area contributed by atoms with Gasteiger partial charge in [0.05, 0.1) is 16.8 Å². The lowest BCUT2D eigenvalue weighted by Crippen LogP contribution is -2.13. The van der Waals surface area contributed by atoms with E-state index in [1.54, 1.807) is 13.1 Å². The zero-order valence-corrected chi connectivity index (χ0v) is 11.3. The van der Waals surface area contributed by atoms with Gasteiger partial charge in [-0.3, -0.25) is 0 Å². The van der Waals surface area contributed by atoms with Crippen molar-refractivity contribution in [3.8, 4) is 0 Å². The predicted octanol–water partition coefficient (Wildman–Crippen LogP) is 3.02. The highest BCUT2D eigenvalue weighted by Crippen LogP contribution is 2.27. The summed E-state index contributed by atoms with van der Waals surface area (Å²) in [6, 6.07) is 0. The smallest absolute Gasteiger partial charge is 0.356 e. The van der Waals surface area contributed by atoms with E-state index in [0.717, 1.165) is 16.7 Å². The van der Waals surface area contributed by atoms with Gasteiger partial charge in [0.2, 0.25) is 0 Å². The van der Waals surface area contributed by atoms with Crippen molar-refractivity contribution in [2.45, 2.75) is 20.8 Å². The zero-order chi connectivity index (χ0) is 12.1. The van der Waals surface area contributed by atoms with Crippen LogP contribution in [0, 0.1) is 5.92 Å². The van der Waals surface area contributed by atoms with Crippen LogP contribution >= 0.6 is 15.9 Å². The van der Waals surface area contributed by atoms with Gasteiger partial charge >= 0.3 is 5.97 Å². The fourth-order valence-electron chi connectivity index (χ4n) is 1.24. The molecule has 0 bridgehead atoms. The number of hydrogen-bond donors (Lipinski definition) is 2. The summed E-state index contributed by atoms with van der Waals surface area (Å²) < 4.78 is 5.80. The maximum atomic E-state index is 11.6. The Morgan fingerprint density at radius 1 is 1.62 bits per heavy atom. The molecule has 2 N–H and O–H groups in total. The van der Waals surface area contributed by atoms with Gasteiger partial charge in [-0.25, -0.2) is 4.79 Å². The molecule has 16 heavy (non-hydrogen) atoms. The standard InChI is InChI=1S/C11H17BrN2O2/c1-4-16-11(15)10-9(8(12)6-14-10)13-5-7(2)3/h6-7,13-14H,4-5H2,1-3H3. The minimum Gasteiger partial charge on any atom is -0.461 e. The molecule has 0 unspecified atom stereocenters. The minimum absolute atomic E-state index is 0.334. The molecule has 0 atom stereocenters. The third kappa shape index (κ3) is 3.27. The Labute approximate surface area is 104 Å². The van der Waals surface area contributed by atoms with E-state index in [2.05, 4.69) is 40.1 Å². The van der Waals surface area contributed by atoms with Gasteiger partial charge in [0.25, 0.3) is 0 Å². The summed E-state index contributed by atoms with van der Waals surface area (Å²) in [5.74, 6) is 0.177. The first-order valence-electron chi connectivity index (χ1n) is 5.34. The number of esters is 1. The van der Waals surface area contributed by atoms with Crippen LogP contribution in [0.5, 0.6) is 0 Å². The molecule has 1 aromatic rings. The second-order valence-electron chi connectivity index (χ2n) is 3.88. The lowest BCUT2D eigenvalue weighted by atomic mass is 10.2. The fraction of sp³-hybridized carbons (Fsp3) is 0.545. The molecule has 0 fully saturated rings. The molecule has 0 aromatic carbocycles. The predicted molar refractivity (Wildman–Crippen MR) is 67.8 cm³/mol. The normalized spacial score (nSPS) is 10.6. The van der Waals surface area contributed by atoms with Gasteiger partial charge in [-0.05, 0) is 28.8 Å². The van der Waals surface area contributed by atoms with Crippen molar-refractivity contribution in [2.24, 2.45) is 5.92 Å². The number of halogens is 1. The van der Waals surface area contributed by atoms with E-state index in [0.29, 0.717) is 18.2 Å². The fourth-order valence-corrected chi connectivity index (χ4v) is 1.70. The Morgan fingerprint density at radius 2 is 2.31 bits per heavy atom. The first-order chi connectivity index (χ1) is 7.56. The minimum atomic E-state index is -0.334. The molecule has 0 saturated carbocycles. The lowest BCUT2D eigenvalue weighted by molar-refractivity contribution is 0.0521. The monoisotopic (exact) mass is 288 g/mol. The molecule has 5 heteroatoms. The molecule has 0 spiro atoms. The number of nitrogens with one attached hydrogen (secondary N) is 2. The van der Waals surface area contributed by atoms with Crippen molar-refractivity contribution in [1.82, 2.24) is 4.98 Å². The van der Waals surface area contributed by atoms with Crippen LogP contribution in [0.3, 0.4) is 0 Å². The van der Waals surface area contributed by atoms with Crippen molar-refractivity contribution in [3.05, 3.63) is 16.4 Å². The summed E-state index contributed by atoms with van der Waals surface area (Å²) in [5, 5.41) is 3.22. The number of rotatable bonds is 5. The van der Waals surface area contributed by atoms with Crippen LogP contribution in [0.4, 0.5) is 5.69 Å². The number of aromatic nitrogens is 1. The number of carbonyl (C=O) groups excluding carboxylic acids is 1. The molecule has 0 amide bonds. The third-order valence-corrected chi connectivity index (χ3v) is 2.62. The maximum Gasteiger partial charge on any atom is 0.356 e. The zero-order valence-electron chi connectivity index (χ0n) is 9.76. The number of H-pyrrole nitrogens is 1. The van der Waals surface area contributed by atoms with Crippen molar-refractivity contribution >= 4 is 27.6 Å². The van der Waals surface area contributed by atoms with Gasteiger partial charge in [-0.2, -0.15) is 0 Å². The van der Waals surface area contributed by atoms with Crippen LogP contribution in [0.2, 0.25) is 0 Å². The molecule has 4 nitrogen and oxygen atoms in total. The number of aromatic amines is 1. The quantitative estimate of drug-likeness (QED) is 0.819. The summed E-state index contributed by atoms with van der Waals surface area (Å²) in [6.45, 7) is 7.19. The second kappa shape index (κ2) is 5.94. The van der Waals surface area contributed by atoms with Gasteiger partial charge in [0.1, 0.15) is 5.69 Å². The van der Waals surface area contributed by atoms with Crippen molar-refractivity contribution in [2.75, 3.05) is 18.5 Å². The SMILES string of the molecule is CCOC(=O)c1[nH]cc(Br)c1NCC(C)C. The van der Waals surface area contributed by atoms with Crippen LogP contribution in [0.1, 0.15) is 31.3 Å². The van der Waals surface area contributed by atoms with Gasteiger partial charge in [0.15, 0.2) is 0 Å². The number of hydrogen-bond acceptors (Lipinski definition) is 3. The number of carbonyl (C=O) groups is 1. The van der Waals surface area contributed by atoms with Crippen molar-refractivity contribution in [3.63, 3.8) is 0 Å². The molecule has 1 heterocycles. The van der Waals surface area contributed by atoms with Crippen LogP contribution in [-0.2, 0) is 4.74 Å². The molecule has 1 rings (SSSR count). The van der Waals surface area contributed by atoms with E-state index >= 15 is 0 Å². The molecule has 0 aliphatic carbocycles. The van der Waals surface area contributed by atoms with E-state index in [1.807, 2.05) is 0 Å². The number of anilines is 1. The Balaban J connectivity index is 2.81. The van der Waals surface area contributed by atoms with Gasteiger partial charge in [0, 0.05) is 12.7 Å². The molecule has 0 aliphatic rings. The highest BCUT2D eigenvalue weighted by molar-refractivity contribution is 9.10. The first kappa shape index (κ1) is 13.1. The van der Waals surface area contributed by atoms with E-state index in [4.69, 9.17) is 4.74 Å². The Kier molecular flexibility index (Phi) is 4.86. The highest BCUT2D eigenvalue weighted by Gasteiger charge is 2.17. The van der Waals surface area contributed by atoms with E-state index in [1.165, 1.54) is 0 Å². The average Bonchev–Trinajstić information content (AvgIpc) is 2.57. The number of ether oxygens (including phenoxy) is 1. The van der Waals surface area contributed by atoms with Crippen molar-refractivity contribution in [1.29, 1.82) is 0 Å². The van der Waals surface area contributed by atoms with Crippen LogP contribution in [0.25, 0.3) is 0 Å². The van der Waals surface area contributed by atoms with Crippen LogP contribution < -0.4 is 5.32 Å². The van der Waals surface area contributed by atoms with Crippen LogP contribution in [0.15, 0.2) is 10.7 Å². The third-order valence-electron chi connectivity index (χ3n) is 2.00. The molecule has 90 valence electrons. The Hall–Kier alpha value is -0.970. The van der Waals surface area contributed by atoms with E-state index in [-0.39, 0.29) is 5.97 Å². The molecule has 0 saturated heterocycles. The Morgan fingerprint density at radius 3 is 2.88 bits per heavy atom. The average molecular weight is 289 g/mol.